The number of carbonyl (C=O) groups is 1. The van der Waals surface area contributed by atoms with Gasteiger partial charge in [0.05, 0.1) is 24.2 Å². The number of rotatable bonds is 10. The van der Waals surface area contributed by atoms with E-state index in [1.54, 1.807) is 23.3 Å². The summed E-state index contributed by atoms with van der Waals surface area (Å²) in [6, 6.07) is 15.7. The number of methoxy groups -OCH3 is 1. The molecule has 1 N–H and O–H groups in total. The van der Waals surface area contributed by atoms with Crippen molar-refractivity contribution < 1.29 is 9.53 Å². The van der Waals surface area contributed by atoms with Gasteiger partial charge in [0.1, 0.15) is 5.75 Å². The standard InChI is InChI=1S/C24H32N4O3/c1-5-27(6-2)22(18-10-9-11-19(16-18)31-4)17-25-23(29)14-15-28-21-13-8-7-12-20(21)26(3)24(28)30/h7-13,16,22H,5-6,14-15,17H2,1-4H3,(H,25,29). The average Bonchev–Trinajstić information content (AvgIpc) is 3.05. The SMILES string of the molecule is CCN(CC)C(CNC(=O)CCn1c(=O)n(C)c2ccccc21)c1cccc(OC)c1. The number of nitrogens with one attached hydrogen (secondary N) is 1. The van der Waals surface area contributed by atoms with Crippen molar-refractivity contribution in [2.24, 2.45) is 7.05 Å². The summed E-state index contributed by atoms with van der Waals surface area (Å²) in [5, 5.41) is 3.07. The molecule has 0 bridgehead atoms. The number of benzene rings is 2. The zero-order chi connectivity index (χ0) is 22.4. The number of imidazole rings is 1. The van der Waals surface area contributed by atoms with Gasteiger partial charge in [0.25, 0.3) is 0 Å². The molecule has 166 valence electrons. The molecule has 7 nitrogen and oxygen atoms in total. The van der Waals surface area contributed by atoms with Gasteiger partial charge in [-0.15, -0.1) is 0 Å². The van der Waals surface area contributed by atoms with Gasteiger partial charge in [-0.25, -0.2) is 4.79 Å². The van der Waals surface area contributed by atoms with Crippen molar-refractivity contribution >= 4 is 16.9 Å². The van der Waals surface area contributed by atoms with Gasteiger partial charge in [-0.05, 0) is 42.9 Å². The Hall–Kier alpha value is -3.06. The quantitative estimate of drug-likeness (QED) is 0.543. The summed E-state index contributed by atoms with van der Waals surface area (Å²) in [5.74, 6) is 0.733. The van der Waals surface area contributed by atoms with Gasteiger partial charge in [-0.2, -0.15) is 0 Å². The maximum absolute atomic E-state index is 12.7. The van der Waals surface area contributed by atoms with Crippen LogP contribution in [0.25, 0.3) is 11.0 Å². The second kappa shape index (κ2) is 10.3. The molecular formula is C24H32N4O3. The Bertz CT molecular complexity index is 1080. The molecule has 7 heteroatoms. The molecule has 1 amide bonds. The molecule has 0 aliphatic rings. The van der Waals surface area contributed by atoms with Crippen LogP contribution in [0, 0.1) is 0 Å². The first kappa shape index (κ1) is 22.6. The van der Waals surface area contributed by atoms with Gasteiger partial charge in [-0.3, -0.25) is 18.8 Å². The van der Waals surface area contributed by atoms with Crippen molar-refractivity contribution in [3.05, 3.63) is 64.6 Å². The number of nitrogens with zero attached hydrogens (tertiary/aromatic N) is 3. The summed E-state index contributed by atoms with van der Waals surface area (Å²) in [7, 11) is 3.41. The molecule has 3 rings (SSSR count). The maximum atomic E-state index is 12.7. The molecule has 0 spiro atoms. The number of likely N-dealkylation sites (N-methyl/N-ethyl adjacent to an activating group) is 1. The van der Waals surface area contributed by atoms with Crippen LogP contribution in [0.4, 0.5) is 0 Å². The topological polar surface area (TPSA) is 68.5 Å². The van der Waals surface area contributed by atoms with Crippen LogP contribution < -0.4 is 15.7 Å². The molecule has 1 aromatic heterocycles. The zero-order valence-electron chi connectivity index (χ0n) is 18.8. The molecular weight excluding hydrogens is 392 g/mol. The van der Waals surface area contributed by atoms with Crippen molar-refractivity contribution in [3.63, 3.8) is 0 Å². The Kier molecular flexibility index (Phi) is 7.52. The minimum atomic E-state index is -0.105. The number of fused-ring (bicyclic) bond motifs is 1. The zero-order valence-corrected chi connectivity index (χ0v) is 18.8. The minimum absolute atomic E-state index is 0.0503. The van der Waals surface area contributed by atoms with Crippen molar-refractivity contribution in [3.8, 4) is 5.75 Å². The Morgan fingerprint density at radius 2 is 1.81 bits per heavy atom. The first-order chi connectivity index (χ1) is 15.0. The van der Waals surface area contributed by atoms with Gasteiger partial charge >= 0.3 is 5.69 Å². The molecule has 1 heterocycles. The molecule has 0 fully saturated rings. The molecule has 2 aromatic carbocycles. The normalized spacial score (nSPS) is 12.3. The van der Waals surface area contributed by atoms with E-state index in [4.69, 9.17) is 4.74 Å². The molecule has 0 radical (unpaired) electrons. The summed E-state index contributed by atoms with van der Waals surface area (Å²) >= 11 is 0. The lowest BCUT2D eigenvalue weighted by molar-refractivity contribution is -0.121. The van der Waals surface area contributed by atoms with E-state index >= 15 is 0 Å². The minimum Gasteiger partial charge on any atom is -0.497 e. The van der Waals surface area contributed by atoms with Gasteiger partial charge in [-0.1, -0.05) is 38.1 Å². The molecule has 3 aromatic rings. The fourth-order valence-corrected chi connectivity index (χ4v) is 4.06. The highest BCUT2D eigenvalue weighted by Crippen LogP contribution is 2.24. The number of para-hydroxylation sites is 2. The van der Waals surface area contributed by atoms with E-state index in [2.05, 4.69) is 30.1 Å². The van der Waals surface area contributed by atoms with Crippen LogP contribution in [0.15, 0.2) is 53.3 Å². The maximum Gasteiger partial charge on any atom is 0.328 e. The lowest BCUT2D eigenvalue weighted by Gasteiger charge is -2.30. The summed E-state index contributed by atoms with van der Waals surface area (Å²) in [5.41, 5.74) is 2.72. The number of hydrogen-bond acceptors (Lipinski definition) is 4. The highest BCUT2D eigenvalue weighted by atomic mass is 16.5. The van der Waals surface area contributed by atoms with Crippen molar-refractivity contribution in [2.45, 2.75) is 32.9 Å². The third-order valence-electron chi connectivity index (χ3n) is 5.84. The van der Waals surface area contributed by atoms with Gasteiger partial charge in [0.2, 0.25) is 5.91 Å². The predicted octanol–water partition coefficient (Wildman–Crippen LogP) is 2.94. The van der Waals surface area contributed by atoms with Gasteiger partial charge in [0.15, 0.2) is 0 Å². The summed E-state index contributed by atoms with van der Waals surface area (Å²) in [6.45, 7) is 6.83. The summed E-state index contributed by atoms with van der Waals surface area (Å²) in [4.78, 5) is 27.5. The molecule has 0 aliphatic heterocycles. The second-order valence-electron chi connectivity index (χ2n) is 7.55. The first-order valence-electron chi connectivity index (χ1n) is 10.8. The monoisotopic (exact) mass is 424 g/mol. The Morgan fingerprint density at radius 3 is 2.48 bits per heavy atom. The number of ether oxygens (including phenoxy) is 1. The summed E-state index contributed by atoms with van der Waals surface area (Å²) in [6.07, 6.45) is 0.247. The molecule has 0 saturated carbocycles. The van der Waals surface area contributed by atoms with Crippen LogP contribution in [0.5, 0.6) is 5.75 Å². The number of carbonyl (C=O) groups excluding carboxylic acids is 1. The van der Waals surface area contributed by atoms with E-state index < -0.39 is 0 Å². The summed E-state index contributed by atoms with van der Waals surface area (Å²) < 4.78 is 8.66. The van der Waals surface area contributed by atoms with Crippen molar-refractivity contribution in [1.29, 1.82) is 0 Å². The van der Waals surface area contributed by atoms with Gasteiger partial charge in [0, 0.05) is 26.6 Å². The van der Waals surface area contributed by atoms with Crippen LogP contribution in [0.2, 0.25) is 0 Å². The molecule has 0 aliphatic carbocycles. The average molecular weight is 425 g/mol. The van der Waals surface area contributed by atoms with E-state index in [0.717, 1.165) is 35.4 Å². The Labute approximate surface area is 183 Å². The van der Waals surface area contributed by atoms with E-state index in [-0.39, 0.29) is 24.1 Å². The smallest absolute Gasteiger partial charge is 0.328 e. The fourth-order valence-electron chi connectivity index (χ4n) is 4.06. The second-order valence-corrected chi connectivity index (χ2v) is 7.55. The van der Waals surface area contributed by atoms with E-state index in [0.29, 0.717) is 13.1 Å². The van der Waals surface area contributed by atoms with Crippen LogP contribution in [0.3, 0.4) is 0 Å². The van der Waals surface area contributed by atoms with Crippen LogP contribution in [-0.4, -0.2) is 46.7 Å². The molecule has 1 atom stereocenters. The Balaban J connectivity index is 1.69. The van der Waals surface area contributed by atoms with Crippen LogP contribution in [-0.2, 0) is 18.4 Å². The first-order valence-corrected chi connectivity index (χ1v) is 10.8. The van der Waals surface area contributed by atoms with E-state index in [1.807, 2.05) is 42.5 Å². The van der Waals surface area contributed by atoms with Crippen LogP contribution in [0.1, 0.15) is 31.9 Å². The number of hydrogen-bond donors (Lipinski definition) is 1. The van der Waals surface area contributed by atoms with Gasteiger partial charge < -0.3 is 10.1 Å². The number of aryl methyl sites for hydroxylation is 2. The predicted molar refractivity (Wildman–Crippen MR) is 123 cm³/mol. The third-order valence-corrected chi connectivity index (χ3v) is 5.84. The van der Waals surface area contributed by atoms with E-state index in [9.17, 15) is 9.59 Å². The highest BCUT2D eigenvalue weighted by molar-refractivity contribution is 5.78. The number of amides is 1. The highest BCUT2D eigenvalue weighted by Gasteiger charge is 2.20. The largest absolute Gasteiger partial charge is 0.497 e. The van der Waals surface area contributed by atoms with Crippen molar-refractivity contribution in [2.75, 3.05) is 26.7 Å². The van der Waals surface area contributed by atoms with Crippen LogP contribution >= 0.6 is 0 Å². The number of aromatic nitrogens is 2. The lowest BCUT2D eigenvalue weighted by atomic mass is 10.0. The molecule has 1 unspecified atom stereocenters. The third kappa shape index (κ3) is 4.99. The fraction of sp³-hybridized carbons (Fsp3) is 0.417. The lowest BCUT2D eigenvalue weighted by Crippen LogP contribution is -2.38. The Morgan fingerprint density at radius 1 is 1.10 bits per heavy atom. The molecule has 31 heavy (non-hydrogen) atoms. The van der Waals surface area contributed by atoms with Crippen molar-refractivity contribution in [1.82, 2.24) is 19.4 Å². The van der Waals surface area contributed by atoms with E-state index in [1.165, 1.54) is 0 Å². The molecule has 0 saturated heterocycles.